The van der Waals surface area contributed by atoms with E-state index < -0.39 is 5.41 Å². The number of hydrogen-bond acceptors (Lipinski definition) is 2. The fourth-order valence-electron chi connectivity index (χ4n) is 5.31. The largest absolute Gasteiger partial charge is 0.492 e. The van der Waals surface area contributed by atoms with Crippen LogP contribution in [-0.2, 0) is 4.79 Å². The molecule has 1 N–H and O–H groups in total. The molecule has 3 aliphatic carbocycles. The van der Waals surface area contributed by atoms with Crippen LogP contribution in [0.2, 0.25) is 0 Å². The monoisotopic (exact) mass is 383 g/mol. The molecule has 0 fully saturated rings. The first-order valence-electron chi connectivity index (χ1n) is 10.3. The molecule has 6 rings (SSSR count). The van der Waals surface area contributed by atoms with E-state index >= 15 is 0 Å². The molecule has 3 nitrogen and oxygen atoms in total. The summed E-state index contributed by atoms with van der Waals surface area (Å²) in [4.78, 5) is 13.7. The van der Waals surface area contributed by atoms with Crippen molar-refractivity contribution in [2.75, 3.05) is 11.9 Å². The van der Waals surface area contributed by atoms with E-state index in [2.05, 4.69) is 60.8 Å². The lowest BCUT2D eigenvalue weighted by Crippen LogP contribution is -2.47. The Morgan fingerprint density at radius 1 is 0.931 bits per heavy atom. The molecule has 29 heavy (non-hydrogen) atoms. The van der Waals surface area contributed by atoms with Gasteiger partial charge in [0, 0.05) is 11.8 Å². The number of carbonyl (C=O) groups is 1. The molecule has 146 valence electrons. The summed E-state index contributed by atoms with van der Waals surface area (Å²) < 4.78 is 5.72. The van der Waals surface area contributed by atoms with Crippen molar-refractivity contribution in [3.8, 4) is 5.75 Å². The van der Waals surface area contributed by atoms with Crippen LogP contribution < -0.4 is 10.1 Å². The van der Waals surface area contributed by atoms with Crippen molar-refractivity contribution in [2.24, 2.45) is 5.41 Å². The van der Waals surface area contributed by atoms with Crippen molar-refractivity contribution in [3.63, 3.8) is 0 Å². The number of ether oxygens (including phenoxy) is 1. The van der Waals surface area contributed by atoms with Crippen LogP contribution in [-0.4, -0.2) is 12.5 Å². The van der Waals surface area contributed by atoms with Gasteiger partial charge >= 0.3 is 0 Å². The van der Waals surface area contributed by atoms with Gasteiger partial charge in [-0.3, -0.25) is 4.79 Å². The van der Waals surface area contributed by atoms with E-state index in [1.54, 1.807) is 0 Å². The number of carbonyl (C=O) groups excluding carboxylic acids is 1. The van der Waals surface area contributed by atoms with Gasteiger partial charge in [0.15, 0.2) is 0 Å². The van der Waals surface area contributed by atoms with Crippen LogP contribution >= 0.6 is 0 Å². The maximum Gasteiger partial charge on any atom is 0.231 e. The van der Waals surface area contributed by atoms with Crippen molar-refractivity contribution in [1.82, 2.24) is 0 Å². The van der Waals surface area contributed by atoms with Crippen LogP contribution in [0.1, 0.15) is 54.4 Å². The minimum atomic E-state index is -0.521. The summed E-state index contributed by atoms with van der Waals surface area (Å²) in [6, 6.07) is 24.9. The highest BCUT2D eigenvalue weighted by atomic mass is 16.5. The zero-order valence-electron chi connectivity index (χ0n) is 16.8. The number of rotatable bonds is 4. The van der Waals surface area contributed by atoms with Gasteiger partial charge in [0.05, 0.1) is 17.7 Å². The summed E-state index contributed by atoms with van der Waals surface area (Å²) in [7, 11) is 0. The maximum atomic E-state index is 13.7. The molecule has 1 atom stereocenters. The van der Waals surface area contributed by atoms with Gasteiger partial charge in [0.2, 0.25) is 5.91 Å². The Morgan fingerprint density at radius 3 is 2.10 bits per heavy atom. The minimum Gasteiger partial charge on any atom is -0.492 e. The fourth-order valence-corrected chi connectivity index (χ4v) is 5.31. The van der Waals surface area contributed by atoms with Gasteiger partial charge in [-0.15, -0.1) is 0 Å². The highest BCUT2D eigenvalue weighted by Gasteiger charge is 2.53. The Bertz CT molecular complexity index is 1040. The summed E-state index contributed by atoms with van der Waals surface area (Å²) in [6.07, 6.45) is 0.814. The van der Waals surface area contributed by atoms with Crippen LogP contribution in [0.4, 0.5) is 5.69 Å². The van der Waals surface area contributed by atoms with E-state index in [9.17, 15) is 4.79 Å². The molecule has 0 aromatic heterocycles. The summed E-state index contributed by atoms with van der Waals surface area (Å²) in [5.74, 6) is 1.09. The lowest BCUT2D eigenvalue weighted by molar-refractivity contribution is -0.126. The first-order valence-corrected chi connectivity index (χ1v) is 10.3. The zero-order valence-corrected chi connectivity index (χ0v) is 16.8. The molecular formula is C26H25NO2. The van der Waals surface area contributed by atoms with E-state index in [-0.39, 0.29) is 17.7 Å². The van der Waals surface area contributed by atoms with E-state index in [1.807, 2.05) is 31.2 Å². The molecular weight excluding hydrogens is 358 g/mol. The van der Waals surface area contributed by atoms with E-state index in [0.29, 0.717) is 12.4 Å². The second kappa shape index (κ2) is 6.77. The quantitative estimate of drug-likeness (QED) is 0.626. The van der Waals surface area contributed by atoms with Crippen LogP contribution in [0.25, 0.3) is 0 Å². The molecule has 0 radical (unpaired) electrons. The van der Waals surface area contributed by atoms with Crippen LogP contribution in [0.5, 0.6) is 5.75 Å². The smallest absolute Gasteiger partial charge is 0.231 e. The Labute approximate surface area is 171 Å². The highest BCUT2D eigenvalue weighted by molar-refractivity contribution is 5.98. The third-order valence-corrected chi connectivity index (χ3v) is 6.58. The Balaban J connectivity index is 1.57. The molecule has 1 amide bonds. The molecule has 2 bridgehead atoms. The third kappa shape index (κ3) is 2.68. The number of para-hydroxylation sites is 2. The van der Waals surface area contributed by atoms with Crippen molar-refractivity contribution >= 4 is 11.6 Å². The van der Waals surface area contributed by atoms with Crippen molar-refractivity contribution in [2.45, 2.75) is 32.1 Å². The standard InChI is InChI=1S/C26H25NO2/c1-3-29-23-15-9-8-14-22(23)27-25(28)26(2)16-21-17-10-4-6-12-19(17)24(26)20-13-7-5-11-18(20)21/h4-15,21,24H,3,16H2,1-2H3,(H,27,28). The Hall–Kier alpha value is -3.07. The molecule has 3 aromatic carbocycles. The number of fused-ring (bicyclic) bond motifs is 1. The maximum absolute atomic E-state index is 13.7. The Kier molecular flexibility index (Phi) is 4.20. The first kappa shape index (κ1) is 18.0. The fraction of sp³-hybridized carbons (Fsp3) is 0.269. The molecule has 0 saturated heterocycles. The molecule has 1 unspecified atom stereocenters. The molecule has 0 saturated carbocycles. The van der Waals surface area contributed by atoms with Gasteiger partial charge in [-0.05, 0) is 54.7 Å². The average molecular weight is 383 g/mol. The third-order valence-electron chi connectivity index (χ3n) is 6.58. The second-order valence-electron chi connectivity index (χ2n) is 8.25. The van der Waals surface area contributed by atoms with E-state index in [1.165, 1.54) is 22.3 Å². The van der Waals surface area contributed by atoms with E-state index in [0.717, 1.165) is 12.1 Å². The molecule has 0 heterocycles. The molecule has 3 aliphatic rings. The summed E-state index contributed by atoms with van der Waals surface area (Å²) in [6.45, 7) is 4.64. The van der Waals surface area contributed by atoms with Gasteiger partial charge in [0.25, 0.3) is 0 Å². The summed E-state index contributed by atoms with van der Waals surface area (Å²) in [5.41, 5.74) is 5.54. The lowest BCUT2D eigenvalue weighted by atomic mass is 9.52. The number of benzene rings is 3. The summed E-state index contributed by atoms with van der Waals surface area (Å²) in [5, 5.41) is 3.19. The van der Waals surface area contributed by atoms with Crippen molar-refractivity contribution in [3.05, 3.63) is 95.1 Å². The second-order valence-corrected chi connectivity index (χ2v) is 8.25. The van der Waals surface area contributed by atoms with Crippen molar-refractivity contribution < 1.29 is 9.53 Å². The topological polar surface area (TPSA) is 38.3 Å². The highest BCUT2D eigenvalue weighted by Crippen LogP contribution is 2.61. The van der Waals surface area contributed by atoms with Crippen LogP contribution in [0.15, 0.2) is 72.8 Å². The zero-order chi connectivity index (χ0) is 20.0. The SMILES string of the molecule is CCOc1ccccc1NC(=O)C1(C)CC2c3ccccc3C1c1ccccc12. The van der Waals surface area contributed by atoms with Crippen molar-refractivity contribution in [1.29, 1.82) is 0 Å². The molecule has 3 aromatic rings. The van der Waals surface area contributed by atoms with Gasteiger partial charge in [-0.2, -0.15) is 0 Å². The average Bonchev–Trinajstić information content (AvgIpc) is 2.75. The predicted octanol–water partition coefficient (Wildman–Crippen LogP) is 5.71. The number of nitrogens with one attached hydrogen (secondary N) is 1. The number of hydrogen-bond donors (Lipinski definition) is 1. The first-order chi connectivity index (χ1) is 14.1. The molecule has 0 aliphatic heterocycles. The predicted molar refractivity (Wildman–Crippen MR) is 116 cm³/mol. The van der Waals surface area contributed by atoms with Crippen LogP contribution in [0.3, 0.4) is 0 Å². The van der Waals surface area contributed by atoms with Gasteiger partial charge < -0.3 is 10.1 Å². The normalized spacial score (nSPS) is 23.8. The van der Waals surface area contributed by atoms with Gasteiger partial charge in [-0.1, -0.05) is 60.7 Å². The Morgan fingerprint density at radius 2 is 1.48 bits per heavy atom. The molecule has 0 spiro atoms. The molecule has 3 heteroatoms. The number of amides is 1. The van der Waals surface area contributed by atoms with Crippen LogP contribution in [0, 0.1) is 5.41 Å². The van der Waals surface area contributed by atoms with Gasteiger partial charge in [-0.25, -0.2) is 0 Å². The lowest BCUT2D eigenvalue weighted by Gasteiger charge is -2.50. The van der Waals surface area contributed by atoms with E-state index in [4.69, 9.17) is 4.74 Å². The minimum absolute atomic E-state index is 0.0548. The van der Waals surface area contributed by atoms with Gasteiger partial charge in [0.1, 0.15) is 5.75 Å². The summed E-state index contributed by atoms with van der Waals surface area (Å²) >= 11 is 0. The number of anilines is 1.